The fourth-order valence-electron chi connectivity index (χ4n) is 1.81. The summed E-state index contributed by atoms with van der Waals surface area (Å²) in [4.78, 5) is 23.2. The molecule has 104 valence electrons. The van der Waals surface area contributed by atoms with Gasteiger partial charge in [0.1, 0.15) is 5.92 Å². The van der Waals surface area contributed by atoms with E-state index in [2.05, 4.69) is 21.2 Å². The minimum Gasteiger partial charge on any atom is -0.481 e. The van der Waals surface area contributed by atoms with Gasteiger partial charge in [0.15, 0.2) is 0 Å². The van der Waals surface area contributed by atoms with Gasteiger partial charge in [0.25, 0.3) is 0 Å². The molecule has 0 saturated carbocycles. The van der Waals surface area contributed by atoms with Crippen molar-refractivity contribution in [2.45, 2.75) is 27.3 Å². The topological polar surface area (TPSA) is 66.4 Å². The molecule has 1 unspecified atom stereocenters. The summed E-state index contributed by atoms with van der Waals surface area (Å²) in [5, 5.41) is 11.8. The molecule has 19 heavy (non-hydrogen) atoms. The number of nitrogens with one attached hydrogen (secondary N) is 1. The van der Waals surface area contributed by atoms with Gasteiger partial charge in [-0.3, -0.25) is 9.59 Å². The number of aliphatic carboxylic acids is 1. The normalized spacial score (nSPS) is 12.8. The number of halogens is 1. The largest absolute Gasteiger partial charge is 0.481 e. The molecule has 0 saturated heterocycles. The van der Waals surface area contributed by atoms with Crippen LogP contribution in [-0.4, -0.2) is 17.0 Å². The van der Waals surface area contributed by atoms with E-state index < -0.39 is 23.2 Å². The van der Waals surface area contributed by atoms with Gasteiger partial charge >= 0.3 is 5.97 Å². The number of hydrogen-bond donors (Lipinski definition) is 2. The molecule has 0 radical (unpaired) electrons. The Morgan fingerprint density at radius 1 is 1.37 bits per heavy atom. The standard InChI is InChI=1S/C14H18BrNO3/c1-14(2,3)11(13(18)19)12(17)16-8-9-5-4-6-10(15)7-9/h4-7,11H,8H2,1-3H3,(H,16,17)(H,18,19). The number of carbonyl (C=O) groups is 2. The smallest absolute Gasteiger partial charge is 0.316 e. The molecule has 0 spiro atoms. The summed E-state index contributed by atoms with van der Waals surface area (Å²) in [5.41, 5.74) is 0.300. The molecule has 0 aromatic heterocycles. The van der Waals surface area contributed by atoms with Crippen molar-refractivity contribution in [3.8, 4) is 0 Å². The highest BCUT2D eigenvalue weighted by atomic mass is 79.9. The van der Waals surface area contributed by atoms with Gasteiger partial charge in [0.2, 0.25) is 5.91 Å². The van der Waals surface area contributed by atoms with Crippen molar-refractivity contribution in [3.05, 3.63) is 34.3 Å². The molecule has 1 aromatic rings. The van der Waals surface area contributed by atoms with Crippen molar-refractivity contribution in [3.63, 3.8) is 0 Å². The lowest BCUT2D eigenvalue weighted by molar-refractivity contribution is -0.151. The lowest BCUT2D eigenvalue weighted by Crippen LogP contribution is -2.42. The maximum absolute atomic E-state index is 12.0. The van der Waals surface area contributed by atoms with Crippen LogP contribution in [0.1, 0.15) is 26.3 Å². The van der Waals surface area contributed by atoms with Gasteiger partial charge in [-0.2, -0.15) is 0 Å². The predicted octanol–water partition coefficient (Wildman–Crippen LogP) is 2.81. The van der Waals surface area contributed by atoms with E-state index in [-0.39, 0.29) is 0 Å². The van der Waals surface area contributed by atoms with Gasteiger partial charge in [-0.1, -0.05) is 48.8 Å². The fourth-order valence-corrected chi connectivity index (χ4v) is 2.26. The molecule has 1 atom stereocenters. The maximum atomic E-state index is 12.0. The molecule has 0 bridgehead atoms. The molecule has 1 aromatic carbocycles. The van der Waals surface area contributed by atoms with E-state index in [0.29, 0.717) is 6.54 Å². The Kier molecular flexibility index (Phi) is 5.11. The van der Waals surface area contributed by atoms with Crippen molar-refractivity contribution in [1.29, 1.82) is 0 Å². The highest BCUT2D eigenvalue weighted by Crippen LogP contribution is 2.26. The minimum atomic E-state index is -1.10. The van der Waals surface area contributed by atoms with E-state index in [4.69, 9.17) is 5.11 Å². The van der Waals surface area contributed by atoms with Gasteiger partial charge < -0.3 is 10.4 Å². The average Bonchev–Trinajstić information content (AvgIpc) is 2.24. The molecule has 5 heteroatoms. The Labute approximate surface area is 121 Å². The van der Waals surface area contributed by atoms with Crippen LogP contribution in [0.25, 0.3) is 0 Å². The second-order valence-corrected chi connectivity index (χ2v) is 6.40. The number of carboxylic acids is 1. The molecule has 2 N–H and O–H groups in total. The SMILES string of the molecule is CC(C)(C)C(C(=O)O)C(=O)NCc1cccc(Br)c1. The summed E-state index contributed by atoms with van der Waals surface area (Å²) < 4.78 is 0.921. The molecule has 0 heterocycles. The Balaban J connectivity index is 2.71. The zero-order chi connectivity index (χ0) is 14.6. The number of rotatable bonds is 4. The molecule has 1 rings (SSSR count). The highest BCUT2D eigenvalue weighted by molar-refractivity contribution is 9.10. The number of benzene rings is 1. The molecule has 0 aliphatic heterocycles. The van der Waals surface area contributed by atoms with Crippen molar-refractivity contribution in [2.75, 3.05) is 0 Å². The summed E-state index contributed by atoms with van der Waals surface area (Å²) in [5.74, 6) is -2.61. The quantitative estimate of drug-likeness (QED) is 0.835. The predicted molar refractivity (Wildman–Crippen MR) is 76.6 cm³/mol. The molecule has 0 aliphatic rings. The van der Waals surface area contributed by atoms with E-state index in [0.717, 1.165) is 10.0 Å². The van der Waals surface area contributed by atoms with Crippen LogP contribution in [0.5, 0.6) is 0 Å². The van der Waals surface area contributed by atoms with Gasteiger partial charge in [0.05, 0.1) is 0 Å². The van der Waals surface area contributed by atoms with Crippen LogP contribution < -0.4 is 5.32 Å². The summed E-state index contributed by atoms with van der Waals surface area (Å²) in [6.45, 7) is 5.54. The maximum Gasteiger partial charge on any atom is 0.316 e. The molecule has 1 amide bonds. The third-order valence-corrected chi connectivity index (χ3v) is 3.22. The Morgan fingerprint density at radius 3 is 2.47 bits per heavy atom. The highest BCUT2D eigenvalue weighted by Gasteiger charge is 2.37. The van der Waals surface area contributed by atoms with E-state index in [1.165, 1.54) is 0 Å². The Hall–Kier alpha value is -1.36. The number of carbonyl (C=O) groups excluding carboxylic acids is 1. The first-order chi connectivity index (χ1) is 8.71. The summed E-state index contributed by atoms with van der Waals surface area (Å²) in [7, 11) is 0. The van der Waals surface area contributed by atoms with Crippen LogP contribution in [-0.2, 0) is 16.1 Å². The Morgan fingerprint density at radius 2 is 2.00 bits per heavy atom. The van der Waals surface area contributed by atoms with E-state index >= 15 is 0 Å². The lowest BCUT2D eigenvalue weighted by atomic mass is 9.80. The molecular weight excluding hydrogens is 310 g/mol. The fraction of sp³-hybridized carbons (Fsp3) is 0.429. The number of amides is 1. The number of hydrogen-bond acceptors (Lipinski definition) is 2. The summed E-state index contributed by atoms with van der Waals surface area (Å²) in [6, 6.07) is 7.51. The van der Waals surface area contributed by atoms with Crippen LogP contribution in [0, 0.1) is 11.3 Å². The molecule has 0 fully saturated rings. The average molecular weight is 328 g/mol. The van der Waals surface area contributed by atoms with Gasteiger partial charge in [0, 0.05) is 11.0 Å². The summed E-state index contributed by atoms with van der Waals surface area (Å²) >= 11 is 3.35. The van der Waals surface area contributed by atoms with E-state index in [1.54, 1.807) is 20.8 Å². The van der Waals surface area contributed by atoms with Crippen molar-refractivity contribution >= 4 is 27.8 Å². The van der Waals surface area contributed by atoms with Crippen LogP contribution in [0.15, 0.2) is 28.7 Å². The number of carboxylic acid groups (broad SMARTS) is 1. The minimum absolute atomic E-state index is 0.318. The first kappa shape index (κ1) is 15.7. The molecule has 0 aliphatic carbocycles. The third-order valence-electron chi connectivity index (χ3n) is 2.73. The second-order valence-electron chi connectivity index (χ2n) is 5.49. The van der Waals surface area contributed by atoms with Crippen LogP contribution >= 0.6 is 15.9 Å². The molecular formula is C14H18BrNO3. The Bertz CT molecular complexity index is 480. The first-order valence-electron chi connectivity index (χ1n) is 5.97. The first-order valence-corrected chi connectivity index (χ1v) is 6.76. The zero-order valence-electron chi connectivity index (χ0n) is 11.2. The van der Waals surface area contributed by atoms with Crippen molar-refractivity contribution in [1.82, 2.24) is 5.32 Å². The van der Waals surface area contributed by atoms with Crippen molar-refractivity contribution in [2.24, 2.45) is 11.3 Å². The van der Waals surface area contributed by atoms with E-state index in [1.807, 2.05) is 24.3 Å². The van der Waals surface area contributed by atoms with Crippen LogP contribution in [0.4, 0.5) is 0 Å². The van der Waals surface area contributed by atoms with Gasteiger partial charge in [-0.15, -0.1) is 0 Å². The molecule has 4 nitrogen and oxygen atoms in total. The van der Waals surface area contributed by atoms with Gasteiger partial charge in [-0.05, 0) is 23.1 Å². The third kappa shape index (κ3) is 4.67. The zero-order valence-corrected chi connectivity index (χ0v) is 12.8. The van der Waals surface area contributed by atoms with E-state index in [9.17, 15) is 9.59 Å². The van der Waals surface area contributed by atoms with Crippen LogP contribution in [0.3, 0.4) is 0 Å². The lowest BCUT2D eigenvalue weighted by Gasteiger charge is -2.25. The van der Waals surface area contributed by atoms with Crippen molar-refractivity contribution < 1.29 is 14.7 Å². The second kappa shape index (κ2) is 6.19. The monoisotopic (exact) mass is 327 g/mol. The van der Waals surface area contributed by atoms with Gasteiger partial charge in [-0.25, -0.2) is 0 Å². The summed E-state index contributed by atoms with van der Waals surface area (Å²) in [6.07, 6.45) is 0. The van der Waals surface area contributed by atoms with Crippen LogP contribution in [0.2, 0.25) is 0 Å².